The highest BCUT2D eigenvalue weighted by Gasteiger charge is 2.28. The highest BCUT2D eigenvalue weighted by atomic mass is 19.4. The lowest BCUT2D eigenvalue weighted by Crippen LogP contribution is -2.37. The Morgan fingerprint density at radius 2 is 2.26 bits per heavy atom. The first-order valence-corrected chi connectivity index (χ1v) is 7.27. The summed E-state index contributed by atoms with van der Waals surface area (Å²) >= 11 is 0. The number of carbonyl (C=O) groups excluding carboxylic acids is 1. The van der Waals surface area contributed by atoms with Crippen molar-refractivity contribution < 1.29 is 27.4 Å². The Labute approximate surface area is 132 Å². The molecule has 1 aromatic rings. The molecule has 0 bridgehead atoms. The van der Waals surface area contributed by atoms with Crippen molar-refractivity contribution in [2.24, 2.45) is 0 Å². The largest absolute Gasteiger partial charge is 0.484 e. The summed E-state index contributed by atoms with van der Waals surface area (Å²) in [7, 11) is 1.64. The second-order valence-electron chi connectivity index (χ2n) is 5.38. The average molecular weight is 332 g/mol. The first-order chi connectivity index (χ1) is 10.8. The van der Waals surface area contributed by atoms with Gasteiger partial charge in [-0.05, 0) is 25.0 Å². The first kappa shape index (κ1) is 17.4. The number of hydrogen-bond acceptors (Lipinski definition) is 3. The maximum atomic E-state index is 12.1. The highest BCUT2D eigenvalue weighted by Crippen LogP contribution is 2.21. The zero-order valence-electron chi connectivity index (χ0n) is 12.7. The van der Waals surface area contributed by atoms with Gasteiger partial charge in [0.25, 0.3) is 0 Å². The molecule has 5 nitrogen and oxygen atoms in total. The molecule has 1 saturated heterocycles. The standard InChI is InChI=1S/C15H19F3N2O3/c1-20(9-13-6-3-7-22-13)14(21)19-11-4-2-5-12(8-11)23-10-15(16,17)18/h2,4-5,8,13H,3,6-7,9-10H2,1H3,(H,19,21)/t13-/m1/s1. The number of benzene rings is 1. The summed E-state index contributed by atoms with van der Waals surface area (Å²) in [5, 5.41) is 2.62. The normalized spacial score (nSPS) is 17.8. The van der Waals surface area contributed by atoms with E-state index in [0.717, 1.165) is 12.8 Å². The van der Waals surface area contributed by atoms with Crippen molar-refractivity contribution >= 4 is 11.7 Å². The van der Waals surface area contributed by atoms with Crippen molar-refractivity contribution in [1.29, 1.82) is 0 Å². The lowest BCUT2D eigenvalue weighted by atomic mass is 10.2. The third-order valence-corrected chi connectivity index (χ3v) is 3.34. The van der Waals surface area contributed by atoms with Crippen LogP contribution in [-0.4, -0.2) is 50.0 Å². The molecule has 1 heterocycles. The molecular weight excluding hydrogens is 313 g/mol. The molecule has 128 valence electrons. The Morgan fingerprint density at radius 3 is 2.91 bits per heavy atom. The van der Waals surface area contributed by atoms with E-state index in [1.165, 1.54) is 23.1 Å². The van der Waals surface area contributed by atoms with Gasteiger partial charge in [-0.3, -0.25) is 0 Å². The van der Waals surface area contributed by atoms with Crippen molar-refractivity contribution in [3.05, 3.63) is 24.3 Å². The fourth-order valence-corrected chi connectivity index (χ4v) is 2.22. The number of urea groups is 1. The predicted molar refractivity (Wildman–Crippen MR) is 78.6 cm³/mol. The Kier molecular flexibility index (Phi) is 5.70. The Bertz CT molecular complexity index is 531. The van der Waals surface area contributed by atoms with Crippen LogP contribution in [0.2, 0.25) is 0 Å². The molecule has 0 aliphatic carbocycles. The van der Waals surface area contributed by atoms with Gasteiger partial charge in [0.2, 0.25) is 0 Å². The zero-order chi connectivity index (χ0) is 16.9. The van der Waals surface area contributed by atoms with Gasteiger partial charge in [-0.15, -0.1) is 0 Å². The summed E-state index contributed by atoms with van der Waals surface area (Å²) in [6.07, 6.45) is -2.47. The van der Waals surface area contributed by atoms with E-state index in [2.05, 4.69) is 10.1 Å². The molecule has 1 fully saturated rings. The lowest BCUT2D eigenvalue weighted by Gasteiger charge is -2.21. The SMILES string of the molecule is CN(C[C@H]1CCCO1)C(=O)Nc1cccc(OCC(F)(F)F)c1. The quantitative estimate of drug-likeness (QED) is 0.900. The van der Waals surface area contributed by atoms with Crippen LogP contribution in [0.3, 0.4) is 0 Å². The third-order valence-electron chi connectivity index (χ3n) is 3.34. The molecule has 8 heteroatoms. The number of nitrogens with zero attached hydrogens (tertiary/aromatic N) is 1. The number of hydrogen-bond donors (Lipinski definition) is 1. The van der Waals surface area contributed by atoms with Crippen LogP contribution in [0.1, 0.15) is 12.8 Å². The topological polar surface area (TPSA) is 50.8 Å². The maximum absolute atomic E-state index is 12.1. The molecule has 2 amide bonds. The Balaban J connectivity index is 1.87. The smallest absolute Gasteiger partial charge is 0.422 e. The molecule has 1 aliphatic rings. The molecule has 2 rings (SSSR count). The number of nitrogens with one attached hydrogen (secondary N) is 1. The first-order valence-electron chi connectivity index (χ1n) is 7.27. The Hall–Kier alpha value is -1.96. The number of rotatable bonds is 5. The highest BCUT2D eigenvalue weighted by molar-refractivity contribution is 5.89. The second kappa shape index (κ2) is 7.54. The average Bonchev–Trinajstić information content (AvgIpc) is 2.97. The fourth-order valence-electron chi connectivity index (χ4n) is 2.22. The van der Waals surface area contributed by atoms with Crippen LogP contribution in [0.25, 0.3) is 0 Å². The number of anilines is 1. The molecule has 23 heavy (non-hydrogen) atoms. The van der Waals surface area contributed by atoms with Gasteiger partial charge >= 0.3 is 12.2 Å². The van der Waals surface area contributed by atoms with Crippen molar-refractivity contribution in [3.63, 3.8) is 0 Å². The number of ether oxygens (including phenoxy) is 2. The van der Waals surface area contributed by atoms with E-state index in [9.17, 15) is 18.0 Å². The molecule has 0 spiro atoms. The zero-order valence-corrected chi connectivity index (χ0v) is 12.7. The monoisotopic (exact) mass is 332 g/mol. The van der Waals surface area contributed by atoms with Gasteiger partial charge in [-0.1, -0.05) is 6.07 Å². The summed E-state index contributed by atoms with van der Waals surface area (Å²) in [6, 6.07) is 5.49. The number of alkyl halides is 3. The van der Waals surface area contributed by atoms with Gasteiger partial charge in [-0.2, -0.15) is 13.2 Å². The maximum Gasteiger partial charge on any atom is 0.422 e. The van der Waals surface area contributed by atoms with Crippen LogP contribution in [-0.2, 0) is 4.74 Å². The lowest BCUT2D eigenvalue weighted by molar-refractivity contribution is -0.153. The van der Waals surface area contributed by atoms with E-state index in [1.807, 2.05) is 0 Å². The van der Waals surface area contributed by atoms with Crippen molar-refractivity contribution in [2.45, 2.75) is 25.1 Å². The van der Waals surface area contributed by atoms with Crippen LogP contribution in [0, 0.1) is 0 Å². The van der Waals surface area contributed by atoms with Crippen molar-refractivity contribution in [3.8, 4) is 5.75 Å². The van der Waals surface area contributed by atoms with Gasteiger partial charge in [0, 0.05) is 32.0 Å². The van der Waals surface area contributed by atoms with E-state index in [-0.39, 0.29) is 17.9 Å². The second-order valence-corrected chi connectivity index (χ2v) is 5.38. The minimum absolute atomic E-state index is 0.0344. The number of carbonyl (C=O) groups is 1. The molecule has 0 unspecified atom stereocenters. The van der Waals surface area contributed by atoms with Crippen molar-refractivity contribution in [2.75, 3.05) is 32.1 Å². The third kappa shape index (κ3) is 5.97. The number of halogens is 3. The summed E-state index contributed by atoms with van der Waals surface area (Å²) in [6.45, 7) is -0.196. The molecule has 0 radical (unpaired) electrons. The number of amides is 2. The van der Waals surface area contributed by atoms with Crippen LogP contribution >= 0.6 is 0 Å². The fraction of sp³-hybridized carbons (Fsp3) is 0.533. The van der Waals surface area contributed by atoms with Crippen LogP contribution < -0.4 is 10.1 Å². The van der Waals surface area contributed by atoms with Crippen LogP contribution in [0.5, 0.6) is 5.75 Å². The summed E-state index contributed by atoms with van der Waals surface area (Å²) in [4.78, 5) is 13.6. The number of likely N-dealkylation sites (N-methyl/N-ethyl adjacent to an activating group) is 1. The van der Waals surface area contributed by atoms with E-state index < -0.39 is 12.8 Å². The van der Waals surface area contributed by atoms with E-state index in [1.54, 1.807) is 13.1 Å². The van der Waals surface area contributed by atoms with Gasteiger partial charge < -0.3 is 19.7 Å². The molecule has 0 saturated carbocycles. The summed E-state index contributed by atoms with van der Waals surface area (Å²) in [5.41, 5.74) is 0.369. The molecule has 1 atom stereocenters. The van der Waals surface area contributed by atoms with E-state index >= 15 is 0 Å². The summed E-state index contributed by atoms with van der Waals surface area (Å²) < 4.78 is 46.5. The van der Waals surface area contributed by atoms with Gasteiger partial charge in [0.1, 0.15) is 5.75 Å². The molecule has 0 aromatic heterocycles. The molecule has 1 aliphatic heterocycles. The van der Waals surface area contributed by atoms with Gasteiger partial charge in [-0.25, -0.2) is 4.79 Å². The van der Waals surface area contributed by atoms with E-state index in [0.29, 0.717) is 18.8 Å². The predicted octanol–water partition coefficient (Wildman–Crippen LogP) is 3.27. The minimum atomic E-state index is -4.40. The van der Waals surface area contributed by atoms with E-state index in [4.69, 9.17) is 4.74 Å². The van der Waals surface area contributed by atoms with Crippen molar-refractivity contribution in [1.82, 2.24) is 4.90 Å². The molecule has 1 N–H and O–H groups in total. The molecule has 1 aromatic carbocycles. The van der Waals surface area contributed by atoms with Crippen LogP contribution in [0.4, 0.5) is 23.7 Å². The Morgan fingerprint density at radius 1 is 1.48 bits per heavy atom. The van der Waals surface area contributed by atoms with Gasteiger partial charge in [0.05, 0.1) is 6.10 Å². The van der Waals surface area contributed by atoms with Gasteiger partial charge in [0.15, 0.2) is 6.61 Å². The summed E-state index contributed by atoms with van der Waals surface area (Å²) in [5.74, 6) is 0.0434. The minimum Gasteiger partial charge on any atom is -0.484 e. The molecular formula is C15H19F3N2O3. The van der Waals surface area contributed by atoms with Crippen LogP contribution in [0.15, 0.2) is 24.3 Å².